The predicted octanol–water partition coefficient (Wildman–Crippen LogP) is 2.22. The van der Waals surface area contributed by atoms with E-state index in [1.807, 2.05) is 6.07 Å². The molecule has 0 radical (unpaired) electrons. The highest BCUT2D eigenvalue weighted by Gasteiger charge is 2.63. The van der Waals surface area contributed by atoms with Gasteiger partial charge in [0, 0.05) is 26.3 Å². The van der Waals surface area contributed by atoms with E-state index in [-0.39, 0.29) is 18.0 Å². The molecule has 11 heteroatoms. The van der Waals surface area contributed by atoms with Gasteiger partial charge >= 0.3 is 12.1 Å². The lowest BCUT2D eigenvalue weighted by molar-refractivity contribution is -0.159. The molecule has 0 saturated carbocycles. The molecule has 4 aliphatic heterocycles. The molecule has 3 saturated heterocycles. The molecule has 0 aliphatic carbocycles. The lowest BCUT2D eigenvalue weighted by Crippen LogP contribution is -2.70. The van der Waals surface area contributed by atoms with Crippen LogP contribution in [0.15, 0.2) is 48.0 Å². The Labute approximate surface area is 230 Å². The molecule has 4 aliphatic rings. The van der Waals surface area contributed by atoms with Crippen LogP contribution in [0.1, 0.15) is 29.5 Å². The van der Waals surface area contributed by atoms with Crippen LogP contribution in [0, 0.1) is 12.3 Å². The number of fused-ring (bicyclic) bond motifs is 4. The number of amides is 8. The Morgan fingerprint density at radius 1 is 0.925 bits per heavy atom. The molecule has 1 unspecified atom stereocenters. The minimum atomic E-state index is -1.46. The molecule has 1 atom stereocenters. The van der Waals surface area contributed by atoms with Gasteiger partial charge in [0.05, 0.1) is 11.7 Å². The number of urea groups is 2. The van der Waals surface area contributed by atoms with Crippen LogP contribution < -0.4 is 15.1 Å². The number of aryl methyl sites for hydroxylation is 1. The van der Waals surface area contributed by atoms with Gasteiger partial charge < -0.3 is 4.90 Å². The number of nitrogens with one attached hydrogen (secondary N) is 1. The van der Waals surface area contributed by atoms with Crippen LogP contribution in [0.5, 0.6) is 0 Å². The molecule has 2 aromatic carbocycles. The number of para-hydroxylation sites is 1. The van der Waals surface area contributed by atoms with Gasteiger partial charge in [0.2, 0.25) is 11.8 Å². The first-order valence-electron chi connectivity index (χ1n) is 13.0. The topological polar surface area (TPSA) is 127 Å². The average molecular weight is 542 g/mol. The molecule has 11 nitrogen and oxygen atoms in total. The van der Waals surface area contributed by atoms with Gasteiger partial charge in [-0.05, 0) is 67.2 Å². The number of carbonyl (C=O) groups excluding carboxylic acids is 6. The SMILES string of the molecule is Cc1ccccc1N1C(=O)NC(=O)/C(=C\c2ccc3c(c2)CC2(C(=O)N(C)C(=O)N(C)C2=O)C2CCCN32)C1=O. The smallest absolute Gasteiger partial charge is 0.335 e. The maximum absolute atomic E-state index is 13.6. The van der Waals surface area contributed by atoms with Crippen LogP contribution >= 0.6 is 0 Å². The summed E-state index contributed by atoms with van der Waals surface area (Å²) in [5, 5.41) is 2.24. The molecule has 0 aromatic heterocycles. The van der Waals surface area contributed by atoms with E-state index in [2.05, 4.69) is 10.2 Å². The van der Waals surface area contributed by atoms with Crippen molar-refractivity contribution in [2.24, 2.45) is 5.41 Å². The van der Waals surface area contributed by atoms with Crippen molar-refractivity contribution in [1.82, 2.24) is 15.1 Å². The Morgan fingerprint density at radius 2 is 1.62 bits per heavy atom. The number of hydrogen-bond donors (Lipinski definition) is 1. The number of carbonyl (C=O) groups is 6. The third-order valence-electron chi connectivity index (χ3n) is 8.42. The number of benzene rings is 2. The van der Waals surface area contributed by atoms with Gasteiger partial charge in [-0.1, -0.05) is 24.3 Å². The second-order valence-corrected chi connectivity index (χ2v) is 10.6. The Kier molecular flexibility index (Phi) is 5.65. The summed E-state index contributed by atoms with van der Waals surface area (Å²) in [7, 11) is 2.78. The number of imide groups is 4. The fraction of sp³-hybridized carbons (Fsp3) is 0.310. The summed E-state index contributed by atoms with van der Waals surface area (Å²) in [6.07, 6.45) is 2.91. The van der Waals surface area contributed by atoms with E-state index >= 15 is 0 Å². The fourth-order valence-corrected chi connectivity index (χ4v) is 6.48. The monoisotopic (exact) mass is 541 g/mol. The maximum Gasteiger partial charge on any atom is 0.335 e. The van der Waals surface area contributed by atoms with Crippen LogP contribution in [0.2, 0.25) is 0 Å². The molecule has 4 heterocycles. The van der Waals surface area contributed by atoms with Gasteiger partial charge in [0.15, 0.2) is 5.41 Å². The highest BCUT2D eigenvalue weighted by Crippen LogP contribution is 2.49. The largest absolute Gasteiger partial charge is 0.367 e. The third kappa shape index (κ3) is 3.43. The average Bonchev–Trinajstić information content (AvgIpc) is 3.44. The Balaban J connectivity index is 1.42. The van der Waals surface area contributed by atoms with E-state index in [0.717, 1.165) is 26.8 Å². The summed E-state index contributed by atoms with van der Waals surface area (Å²) in [5.74, 6) is -2.62. The molecule has 1 spiro atoms. The van der Waals surface area contributed by atoms with E-state index in [4.69, 9.17) is 0 Å². The molecule has 0 bridgehead atoms. The van der Waals surface area contributed by atoms with Crippen molar-refractivity contribution in [2.45, 2.75) is 32.2 Å². The number of rotatable bonds is 2. The number of barbiturate groups is 2. The second-order valence-electron chi connectivity index (χ2n) is 10.6. The molecule has 204 valence electrons. The van der Waals surface area contributed by atoms with Gasteiger partial charge in [-0.25, -0.2) is 14.5 Å². The van der Waals surface area contributed by atoms with Crippen molar-refractivity contribution in [2.75, 3.05) is 30.4 Å². The summed E-state index contributed by atoms with van der Waals surface area (Å²) >= 11 is 0. The summed E-state index contributed by atoms with van der Waals surface area (Å²) in [5.41, 5.74) is 1.44. The van der Waals surface area contributed by atoms with E-state index < -0.39 is 41.1 Å². The maximum atomic E-state index is 13.6. The second kappa shape index (κ2) is 8.87. The number of nitrogens with zero attached hydrogens (tertiary/aromatic N) is 4. The van der Waals surface area contributed by atoms with Crippen LogP contribution in [0.3, 0.4) is 0 Å². The van der Waals surface area contributed by atoms with Gasteiger partial charge in [0.1, 0.15) is 5.57 Å². The molecule has 6 rings (SSSR count). The van der Waals surface area contributed by atoms with Crippen LogP contribution in [0.25, 0.3) is 6.08 Å². The summed E-state index contributed by atoms with van der Waals surface area (Å²) in [6, 6.07) is 10.4. The van der Waals surface area contributed by atoms with Crippen LogP contribution in [-0.4, -0.2) is 72.2 Å². The molecule has 40 heavy (non-hydrogen) atoms. The fourth-order valence-electron chi connectivity index (χ4n) is 6.48. The molecular weight excluding hydrogens is 514 g/mol. The lowest BCUT2D eigenvalue weighted by atomic mass is 9.68. The Morgan fingerprint density at radius 3 is 2.33 bits per heavy atom. The van der Waals surface area contributed by atoms with Crippen molar-refractivity contribution < 1.29 is 28.8 Å². The van der Waals surface area contributed by atoms with E-state index in [1.54, 1.807) is 43.3 Å². The molecule has 3 fully saturated rings. The van der Waals surface area contributed by atoms with E-state index in [9.17, 15) is 28.8 Å². The first-order valence-corrected chi connectivity index (χ1v) is 13.0. The van der Waals surface area contributed by atoms with E-state index in [0.29, 0.717) is 35.3 Å². The Hall–Kier alpha value is -4.80. The van der Waals surface area contributed by atoms with Crippen molar-refractivity contribution in [3.63, 3.8) is 0 Å². The standard InChI is InChI=1S/C29H27N5O6/c1-16-7-4-5-8-20(16)34-24(36)19(23(35)30-27(34)39)14-17-10-11-21-18(13-17)15-29(22-9-6-12-33(21)22)25(37)31(2)28(40)32(3)26(29)38/h4-5,7-8,10-11,13-14,22H,6,9,12,15H2,1-3H3,(H,30,35,39)/b19-14+. The quantitative estimate of drug-likeness (QED) is 0.351. The first-order chi connectivity index (χ1) is 19.1. The van der Waals surface area contributed by atoms with Crippen LogP contribution in [-0.2, 0) is 25.6 Å². The van der Waals surface area contributed by atoms with Crippen molar-refractivity contribution in [1.29, 1.82) is 0 Å². The predicted molar refractivity (Wildman–Crippen MR) is 144 cm³/mol. The zero-order valence-corrected chi connectivity index (χ0v) is 22.3. The Bertz CT molecular complexity index is 1550. The van der Waals surface area contributed by atoms with Gasteiger partial charge in [0.25, 0.3) is 11.8 Å². The van der Waals surface area contributed by atoms with Crippen molar-refractivity contribution in [3.8, 4) is 0 Å². The van der Waals surface area contributed by atoms with Gasteiger partial charge in [-0.15, -0.1) is 0 Å². The number of anilines is 2. The van der Waals surface area contributed by atoms with Gasteiger partial charge in [-0.3, -0.25) is 34.3 Å². The summed E-state index contributed by atoms with van der Waals surface area (Å²) in [4.78, 5) is 83.6. The minimum absolute atomic E-state index is 0.0775. The molecule has 2 aromatic rings. The summed E-state index contributed by atoms with van der Waals surface area (Å²) in [6.45, 7) is 2.41. The molecule has 8 amide bonds. The van der Waals surface area contributed by atoms with Crippen molar-refractivity contribution >= 4 is 53.1 Å². The van der Waals surface area contributed by atoms with Crippen LogP contribution in [0.4, 0.5) is 21.0 Å². The molecule has 1 N–H and O–H groups in total. The highest BCUT2D eigenvalue weighted by molar-refractivity contribution is 6.39. The third-order valence-corrected chi connectivity index (χ3v) is 8.42. The zero-order valence-electron chi connectivity index (χ0n) is 22.3. The normalized spacial score (nSPS) is 23.3. The van der Waals surface area contributed by atoms with E-state index in [1.165, 1.54) is 20.2 Å². The lowest BCUT2D eigenvalue weighted by Gasteiger charge is -2.50. The molecular formula is C29H27N5O6. The highest BCUT2D eigenvalue weighted by atomic mass is 16.2. The van der Waals surface area contributed by atoms with Crippen molar-refractivity contribution in [3.05, 3.63) is 64.7 Å². The summed E-state index contributed by atoms with van der Waals surface area (Å²) < 4.78 is 0. The zero-order chi connectivity index (χ0) is 28.5. The van der Waals surface area contributed by atoms with Gasteiger partial charge in [-0.2, -0.15) is 0 Å². The minimum Gasteiger partial charge on any atom is -0.367 e. The first kappa shape index (κ1) is 25.5. The number of hydrogen-bond acceptors (Lipinski definition) is 7.